The van der Waals surface area contributed by atoms with Gasteiger partial charge in [-0.1, -0.05) is 36.4 Å². The van der Waals surface area contributed by atoms with E-state index < -0.39 is 11.3 Å². The summed E-state index contributed by atoms with van der Waals surface area (Å²) in [4.78, 5) is 0. The van der Waals surface area contributed by atoms with Crippen molar-refractivity contribution in [2.45, 2.75) is 6.54 Å². The number of rotatable bonds is 4. The molecule has 0 spiro atoms. The van der Waals surface area contributed by atoms with Gasteiger partial charge < -0.3 is 5.73 Å². The van der Waals surface area contributed by atoms with Crippen LogP contribution in [0.25, 0.3) is 11.1 Å². The van der Waals surface area contributed by atoms with Crippen LogP contribution in [0.1, 0.15) is 5.56 Å². The molecule has 1 atom stereocenters. The summed E-state index contributed by atoms with van der Waals surface area (Å²) in [5.41, 5.74) is 9.51. The van der Waals surface area contributed by atoms with E-state index in [2.05, 4.69) is 4.72 Å². The lowest BCUT2D eigenvalue weighted by atomic mass is 10.0. The molecule has 0 fully saturated rings. The summed E-state index contributed by atoms with van der Waals surface area (Å²) in [6.45, 7) is 0.366. The van der Waals surface area contributed by atoms with Gasteiger partial charge in [-0.3, -0.25) is 4.55 Å². The van der Waals surface area contributed by atoms with Crippen LogP contribution in [-0.2, 0) is 17.8 Å². The fourth-order valence-electron chi connectivity index (χ4n) is 1.64. The van der Waals surface area contributed by atoms with Crippen molar-refractivity contribution in [2.24, 2.45) is 0 Å². The monoisotopic (exact) mass is 262 g/mol. The molecule has 1 unspecified atom stereocenters. The zero-order valence-electron chi connectivity index (χ0n) is 9.67. The molecular formula is C13H14N2O2S. The summed E-state index contributed by atoms with van der Waals surface area (Å²) in [7, 11) is 0. The molecule has 18 heavy (non-hydrogen) atoms. The van der Waals surface area contributed by atoms with Crippen molar-refractivity contribution in [2.75, 3.05) is 5.73 Å². The van der Waals surface area contributed by atoms with Crippen LogP contribution in [-0.4, -0.2) is 8.76 Å². The number of nitrogens with two attached hydrogens (primary N) is 1. The summed E-state index contributed by atoms with van der Waals surface area (Å²) < 4.78 is 21.5. The predicted molar refractivity (Wildman–Crippen MR) is 73.9 cm³/mol. The molecule has 5 heteroatoms. The van der Waals surface area contributed by atoms with Crippen molar-refractivity contribution in [3.05, 3.63) is 54.1 Å². The van der Waals surface area contributed by atoms with Crippen molar-refractivity contribution in [1.82, 2.24) is 4.72 Å². The summed E-state index contributed by atoms with van der Waals surface area (Å²) in [5, 5.41) is 0. The summed E-state index contributed by atoms with van der Waals surface area (Å²) in [6.07, 6.45) is 0. The second-order valence-corrected chi connectivity index (χ2v) is 4.68. The summed E-state index contributed by atoms with van der Waals surface area (Å²) in [6, 6.07) is 15.4. The molecule has 0 heterocycles. The van der Waals surface area contributed by atoms with Crippen molar-refractivity contribution < 1.29 is 8.76 Å². The molecule has 4 N–H and O–H groups in total. The molecule has 0 saturated carbocycles. The number of nitrogen functional groups attached to an aromatic ring is 1. The summed E-state index contributed by atoms with van der Waals surface area (Å²) >= 11 is -1.97. The number of hydrogen-bond donors (Lipinski definition) is 3. The van der Waals surface area contributed by atoms with Gasteiger partial charge in [-0.05, 0) is 28.8 Å². The van der Waals surface area contributed by atoms with E-state index in [-0.39, 0.29) is 0 Å². The van der Waals surface area contributed by atoms with Crippen molar-refractivity contribution in [1.29, 1.82) is 0 Å². The van der Waals surface area contributed by atoms with E-state index in [1.165, 1.54) is 0 Å². The van der Waals surface area contributed by atoms with E-state index in [4.69, 9.17) is 10.3 Å². The van der Waals surface area contributed by atoms with Crippen molar-refractivity contribution >= 4 is 17.0 Å². The van der Waals surface area contributed by atoms with Gasteiger partial charge in [-0.15, -0.1) is 0 Å². The van der Waals surface area contributed by atoms with Crippen LogP contribution >= 0.6 is 0 Å². The molecule has 94 valence electrons. The van der Waals surface area contributed by atoms with Crippen LogP contribution in [0.5, 0.6) is 0 Å². The maximum Gasteiger partial charge on any atom is 0.232 e. The Morgan fingerprint density at radius 2 is 1.50 bits per heavy atom. The lowest BCUT2D eigenvalue weighted by molar-refractivity contribution is 0.548. The molecule has 4 nitrogen and oxygen atoms in total. The van der Waals surface area contributed by atoms with Crippen LogP contribution in [0.2, 0.25) is 0 Å². The molecule has 0 aliphatic rings. The first-order valence-electron chi connectivity index (χ1n) is 5.44. The molecule has 0 aliphatic carbocycles. The minimum absolute atomic E-state index is 0.366. The van der Waals surface area contributed by atoms with E-state index >= 15 is 0 Å². The second kappa shape index (κ2) is 5.77. The average Bonchev–Trinajstić information content (AvgIpc) is 2.38. The standard InChI is InChI=1S/C13H14N2O2S/c14-13-7-5-12(6-8-13)11-3-1-10(2-4-11)9-15-18(16)17/h1-8,15H,9,14H2,(H,16,17). The van der Waals surface area contributed by atoms with Gasteiger partial charge in [-0.2, -0.15) is 0 Å². The Hall–Kier alpha value is -1.69. The Balaban J connectivity index is 2.12. The van der Waals surface area contributed by atoms with E-state index in [0.29, 0.717) is 6.54 Å². The lowest BCUT2D eigenvalue weighted by Crippen LogP contribution is -2.15. The van der Waals surface area contributed by atoms with Crippen LogP contribution in [0.15, 0.2) is 48.5 Å². The molecule has 0 aliphatic heterocycles. The molecule has 2 rings (SSSR count). The first-order valence-corrected chi connectivity index (χ1v) is 6.55. The molecule has 0 radical (unpaired) electrons. The van der Waals surface area contributed by atoms with Crippen LogP contribution in [0.3, 0.4) is 0 Å². The molecule has 0 saturated heterocycles. The molecule has 0 aromatic heterocycles. The van der Waals surface area contributed by atoms with E-state index in [1.807, 2.05) is 48.5 Å². The van der Waals surface area contributed by atoms with Crippen LogP contribution in [0.4, 0.5) is 5.69 Å². The SMILES string of the molecule is Nc1ccc(-c2ccc(CNS(=O)O)cc2)cc1. The number of anilines is 1. The zero-order valence-corrected chi connectivity index (χ0v) is 10.5. The fourth-order valence-corrected chi connectivity index (χ4v) is 1.93. The highest BCUT2D eigenvalue weighted by Crippen LogP contribution is 2.20. The van der Waals surface area contributed by atoms with E-state index in [9.17, 15) is 4.21 Å². The normalized spacial score (nSPS) is 12.3. The van der Waals surface area contributed by atoms with Crippen molar-refractivity contribution in [3.8, 4) is 11.1 Å². The first-order chi connectivity index (χ1) is 8.65. The predicted octanol–water partition coefficient (Wildman–Crippen LogP) is 2.16. The number of hydrogen-bond acceptors (Lipinski definition) is 2. The lowest BCUT2D eigenvalue weighted by Gasteiger charge is -2.05. The Morgan fingerprint density at radius 1 is 1.00 bits per heavy atom. The average molecular weight is 262 g/mol. The smallest absolute Gasteiger partial charge is 0.232 e. The minimum Gasteiger partial charge on any atom is -0.399 e. The Morgan fingerprint density at radius 3 is 2.00 bits per heavy atom. The van der Waals surface area contributed by atoms with Gasteiger partial charge >= 0.3 is 0 Å². The van der Waals surface area contributed by atoms with Gasteiger partial charge in [0.05, 0.1) is 0 Å². The largest absolute Gasteiger partial charge is 0.399 e. The van der Waals surface area contributed by atoms with Crippen LogP contribution in [0, 0.1) is 0 Å². The highest BCUT2D eigenvalue weighted by atomic mass is 32.2. The zero-order chi connectivity index (χ0) is 13.0. The summed E-state index contributed by atoms with van der Waals surface area (Å²) in [5.74, 6) is 0. The third-order valence-corrected chi connectivity index (χ3v) is 2.99. The molecular weight excluding hydrogens is 248 g/mol. The van der Waals surface area contributed by atoms with Gasteiger partial charge in [0.15, 0.2) is 0 Å². The number of benzene rings is 2. The molecule has 2 aromatic carbocycles. The molecule has 2 aromatic rings. The van der Waals surface area contributed by atoms with Gasteiger partial charge in [0.25, 0.3) is 0 Å². The van der Waals surface area contributed by atoms with Crippen LogP contribution < -0.4 is 10.5 Å². The molecule has 0 amide bonds. The minimum atomic E-state index is -1.97. The Bertz CT molecular complexity index is 538. The first kappa shape index (κ1) is 12.8. The van der Waals surface area contributed by atoms with E-state index in [1.54, 1.807) is 0 Å². The van der Waals surface area contributed by atoms with Gasteiger partial charge in [-0.25, -0.2) is 8.93 Å². The fraction of sp³-hybridized carbons (Fsp3) is 0.0769. The Kier molecular flexibility index (Phi) is 4.09. The highest BCUT2D eigenvalue weighted by Gasteiger charge is 1.99. The van der Waals surface area contributed by atoms with E-state index in [0.717, 1.165) is 22.4 Å². The third kappa shape index (κ3) is 3.40. The van der Waals surface area contributed by atoms with Gasteiger partial charge in [0, 0.05) is 12.2 Å². The maximum absolute atomic E-state index is 10.5. The van der Waals surface area contributed by atoms with Gasteiger partial charge in [0.1, 0.15) is 0 Å². The quantitative estimate of drug-likeness (QED) is 0.584. The second-order valence-electron chi connectivity index (χ2n) is 3.89. The number of nitrogens with one attached hydrogen (secondary N) is 1. The maximum atomic E-state index is 10.5. The molecule has 0 bridgehead atoms. The van der Waals surface area contributed by atoms with Crippen molar-refractivity contribution in [3.63, 3.8) is 0 Å². The highest BCUT2D eigenvalue weighted by molar-refractivity contribution is 7.77. The van der Waals surface area contributed by atoms with Gasteiger partial charge in [0.2, 0.25) is 11.3 Å². The third-order valence-electron chi connectivity index (χ3n) is 2.60. The topological polar surface area (TPSA) is 75.3 Å². The Labute approximate surface area is 108 Å².